The van der Waals surface area contributed by atoms with Gasteiger partial charge in [-0.25, -0.2) is 0 Å². The van der Waals surface area contributed by atoms with Crippen LogP contribution in [0.15, 0.2) is 22.5 Å². The minimum atomic E-state index is 0. The molecule has 0 aliphatic carbocycles. The van der Waals surface area contributed by atoms with E-state index in [1.165, 1.54) is 4.88 Å². The number of nitrogens with zero attached hydrogens (tertiary/aromatic N) is 2. The first-order chi connectivity index (χ1) is 11.1. The molecule has 1 unspecified atom stereocenters. The highest BCUT2D eigenvalue weighted by molar-refractivity contribution is 14.0. The Kier molecular flexibility index (Phi) is 10.9. The maximum Gasteiger partial charge on any atom is 0.188 e. The van der Waals surface area contributed by atoms with E-state index in [1.54, 1.807) is 11.3 Å². The van der Waals surface area contributed by atoms with E-state index in [0.717, 1.165) is 52.2 Å². The summed E-state index contributed by atoms with van der Waals surface area (Å²) in [6, 6.07) is 4.68. The van der Waals surface area contributed by atoms with Gasteiger partial charge in [0.15, 0.2) is 5.96 Å². The van der Waals surface area contributed by atoms with Crippen molar-refractivity contribution >= 4 is 41.3 Å². The number of morpholine rings is 1. The average molecular weight is 466 g/mol. The van der Waals surface area contributed by atoms with E-state index >= 15 is 0 Å². The van der Waals surface area contributed by atoms with Crippen LogP contribution in [-0.2, 0) is 11.2 Å². The molecule has 0 spiro atoms. The zero-order valence-electron chi connectivity index (χ0n) is 14.7. The molecule has 1 fully saturated rings. The number of thiophene rings is 1. The fourth-order valence-electron chi connectivity index (χ4n) is 2.85. The highest BCUT2D eigenvalue weighted by Crippen LogP contribution is 2.14. The number of rotatable bonds is 8. The van der Waals surface area contributed by atoms with Crippen LogP contribution < -0.4 is 11.1 Å². The standard InChI is InChI=1S/C17H30N4OS.HI/c1-14(2)12-15(21-7-9-22-10-8-21)13-20-17(18)19-6-5-16-4-3-11-23-16;/h3-4,11,14-15H,5-10,12-13H2,1-2H3,(H3,18,19,20);1H. The molecule has 7 heteroatoms. The molecular formula is C17H31IN4OS. The van der Waals surface area contributed by atoms with Gasteiger partial charge in [0.1, 0.15) is 0 Å². The Hall–Kier alpha value is -0.380. The summed E-state index contributed by atoms with van der Waals surface area (Å²) < 4.78 is 5.46. The lowest BCUT2D eigenvalue weighted by atomic mass is 10.0. The Morgan fingerprint density at radius 3 is 2.79 bits per heavy atom. The summed E-state index contributed by atoms with van der Waals surface area (Å²) in [5.41, 5.74) is 6.02. The van der Waals surface area contributed by atoms with Gasteiger partial charge in [0.05, 0.1) is 19.8 Å². The van der Waals surface area contributed by atoms with Gasteiger partial charge < -0.3 is 15.8 Å². The summed E-state index contributed by atoms with van der Waals surface area (Å²) >= 11 is 1.78. The van der Waals surface area contributed by atoms with Gasteiger partial charge in [-0.05, 0) is 30.2 Å². The van der Waals surface area contributed by atoms with E-state index < -0.39 is 0 Å². The molecule has 3 N–H and O–H groups in total. The Morgan fingerprint density at radius 1 is 1.42 bits per heavy atom. The van der Waals surface area contributed by atoms with Crippen molar-refractivity contribution in [3.05, 3.63) is 22.4 Å². The molecule has 1 atom stereocenters. The summed E-state index contributed by atoms with van der Waals surface area (Å²) in [7, 11) is 0. The lowest BCUT2D eigenvalue weighted by molar-refractivity contribution is 0.0143. The Morgan fingerprint density at radius 2 is 2.17 bits per heavy atom. The third-order valence-electron chi connectivity index (χ3n) is 4.04. The van der Waals surface area contributed by atoms with Gasteiger partial charge >= 0.3 is 0 Å². The maximum absolute atomic E-state index is 6.02. The summed E-state index contributed by atoms with van der Waals surface area (Å²) in [5.74, 6) is 1.22. The van der Waals surface area contributed by atoms with Crippen molar-refractivity contribution in [3.8, 4) is 0 Å². The molecule has 1 aromatic rings. The summed E-state index contributed by atoms with van der Waals surface area (Å²) in [6.45, 7) is 9.77. The van der Waals surface area contributed by atoms with Crippen LogP contribution in [0.25, 0.3) is 0 Å². The van der Waals surface area contributed by atoms with E-state index in [-0.39, 0.29) is 24.0 Å². The summed E-state index contributed by atoms with van der Waals surface area (Å²) in [4.78, 5) is 8.44. The smallest absolute Gasteiger partial charge is 0.188 e. The first kappa shape index (κ1) is 21.7. The first-order valence-corrected chi connectivity index (χ1v) is 9.41. The van der Waals surface area contributed by atoms with Crippen molar-refractivity contribution < 1.29 is 4.74 Å². The Balaban J connectivity index is 0.00000288. The third kappa shape index (κ3) is 8.13. The van der Waals surface area contributed by atoms with Crippen LogP contribution in [0.3, 0.4) is 0 Å². The molecule has 0 amide bonds. The molecular weight excluding hydrogens is 435 g/mol. The van der Waals surface area contributed by atoms with Crippen molar-refractivity contribution in [2.24, 2.45) is 16.6 Å². The maximum atomic E-state index is 6.02. The molecule has 0 aromatic carbocycles. The first-order valence-electron chi connectivity index (χ1n) is 8.53. The second kappa shape index (κ2) is 12.1. The van der Waals surface area contributed by atoms with Crippen molar-refractivity contribution in [1.82, 2.24) is 10.2 Å². The molecule has 138 valence electrons. The van der Waals surface area contributed by atoms with Crippen LogP contribution in [0.2, 0.25) is 0 Å². The second-order valence-electron chi connectivity index (χ2n) is 6.41. The monoisotopic (exact) mass is 466 g/mol. The fourth-order valence-corrected chi connectivity index (χ4v) is 3.56. The van der Waals surface area contributed by atoms with Crippen LogP contribution in [0.4, 0.5) is 0 Å². The zero-order chi connectivity index (χ0) is 16.5. The van der Waals surface area contributed by atoms with Crippen molar-refractivity contribution in [2.75, 3.05) is 39.4 Å². The fraction of sp³-hybridized carbons (Fsp3) is 0.706. The Bertz CT molecular complexity index is 461. The van der Waals surface area contributed by atoms with Crippen molar-refractivity contribution in [2.45, 2.75) is 32.7 Å². The molecule has 0 saturated carbocycles. The largest absolute Gasteiger partial charge is 0.379 e. The van der Waals surface area contributed by atoms with Gasteiger partial charge in [-0.3, -0.25) is 9.89 Å². The molecule has 1 aromatic heterocycles. The third-order valence-corrected chi connectivity index (χ3v) is 4.97. The number of guanidine groups is 1. The minimum absolute atomic E-state index is 0. The van der Waals surface area contributed by atoms with E-state index in [1.807, 2.05) is 0 Å². The molecule has 1 saturated heterocycles. The Labute approximate surface area is 167 Å². The molecule has 5 nitrogen and oxygen atoms in total. The highest BCUT2D eigenvalue weighted by Gasteiger charge is 2.21. The van der Waals surface area contributed by atoms with Crippen LogP contribution in [0.5, 0.6) is 0 Å². The lowest BCUT2D eigenvalue weighted by Crippen LogP contribution is -2.46. The van der Waals surface area contributed by atoms with Crippen molar-refractivity contribution in [1.29, 1.82) is 0 Å². The molecule has 2 rings (SSSR count). The predicted octanol–water partition coefficient (Wildman–Crippen LogP) is 2.56. The van der Waals surface area contributed by atoms with Crippen LogP contribution in [0.1, 0.15) is 25.1 Å². The highest BCUT2D eigenvalue weighted by atomic mass is 127. The van der Waals surface area contributed by atoms with Gasteiger partial charge in [-0.1, -0.05) is 19.9 Å². The van der Waals surface area contributed by atoms with E-state index in [9.17, 15) is 0 Å². The lowest BCUT2D eigenvalue weighted by Gasteiger charge is -2.34. The summed E-state index contributed by atoms with van der Waals surface area (Å²) in [5, 5.41) is 5.33. The van der Waals surface area contributed by atoms with Crippen LogP contribution in [0, 0.1) is 5.92 Å². The minimum Gasteiger partial charge on any atom is -0.379 e. The van der Waals surface area contributed by atoms with E-state index in [2.05, 4.69) is 46.6 Å². The second-order valence-corrected chi connectivity index (χ2v) is 7.45. The van der Waals surface area contributed by atoms with E-state index in [0.29, 0.717) is 17.9 Å². The van der Waals surface area contributed by atoms with Gasteiger partial charge in [0, 0.05) is 30.6 Å². The van der Waals surface area contributed by atoms with Gasteiger partial charge in [-0.15, -0.1) is 35.3 Å². The number of nitrogens with two attached hydrogens (primary N) is 1. The van der Waals surface area contributed by atoms with E-state index in [4.69, 9.17) is 10.5 Å². The van der Waals surface area contributed by atoms with Gasteiger partial charge in [0.2, 0.25) is 0 Å². The molecule has 0 radical (unpaired) electrons. The predicted molar refractivity (Wildman–Crippen MR) is 114 cm³/mol. The number of halogens is 1. The number of hydrogen-bond acceptors (Lipinski definition) is 4. The molecule has 1 aliphatic heterocycles. The average Bonchev–Trinajstić information content (AvgIpc) is 3.05. The summed E-state index contributed by atoms with van der Waals surface area (Å²) in [6.07, 6.45) is 2.14. The number of nitrogens with one attached hydrogen (secondary N) is 1. The zero-order valence-corrected chi connectivity index (χ0v) is 17.9. The molecule has 0 bridgehead atoms. The molecule has 2 heterocycles. The van der Waals surface area contributed by atoms with Crippen LogP contribution in [-0.4, -0.2) is 56.3 Å². The van der Waals surface area contributed by atoms with Gasteiger partial charge in [0.25, 0.3) is 0 Å². The SMILES string of the molecule is CC(C)CC(CN=C(N)NCCc1cccs1)N1CCOCC1.I. The number of ether oxygens (including phenoxy) is 1. The number of hydrogen-bond donors (Lipinski definition) is 2. The molecule has 24 heavy (non-hydrogen) atoms. The van der Waals surface area contributed by atoms with Crippen LogP contribution >= 0.6 is 35.3 Å². The normalized spacial score (nSPS) is 17.5. The van der Waals surface area contributed by atoms with Crippen molar-refractivity contribution in [3.63, 3.8) is 0 Å². The quantitative estimate of drug-likeness (QED) is 0.351. The van der Waals surface area contributed by atoms with Gasteiger partial charge in [-0.2, -0.15) is 0 Å². The number of aliphatic imine (C=N–C) groups is 1. The molecule has 1 aliphatic rings. The topological polar surface area (TPSA) is 62.9 Å².